The fraction of sp³-hybridized carbons (Fsp3) is 0.333. The van der Waals surface area contributed by atoms with Gasteiger partial charge in [0.05, 0.1) is 27.8 Å². The zero-order valence-electron chi connectivity index (χ0n) is 16.0. The minimum absolute atomic E-state index is 0.0456. The van der Waals surface area contributed by atoms with Crippen LogP contribution < -0.4 is 10.2 Å². The van der Waals surface area contributed by atoms with Crippen LogP contribution in [0, 0.1) is 5.82 Å². The normalized spacial score (nSPS) is 15.4. The Morgan fingerprint density at radius 3 is 2.80 bits per heavy atom. The van der Waals surface area contributed by atoms with Crippen molar-refractivity contribution in [1.29, 1.82) is 0 Å². The highest BCUT2D eigenvalue weighted by atomic mass is 79.9. The van der Waals surface area contributed by atoms with E-state index >= 15 is 0 Å². The Balaban J connectivity index is 1.45. The van der Waals surface area contributed by atoms with Gasteiger partial charge in [0, 0.05) is 26.2 Å². The molecular weight excluding hydrogens is 477 g/mol. The van der Waals surface area contributed by atoms with Gasteiger partial charge in [-0.3, -0.25) is 0 Å². The second-order valence-corrected chi connectivity index (χ2v) is 8.42. The predicted octanol–water partition coefficient (Wildman–Crippen LogP) is 2.92. The molecule has 30 heavy (non-hydrogen) atoms. The maximum atomic E-state index is 14.2. The maximum absolute atomic E-state index is 14.2. The number of nitrogens with one attached hydrogen (secondary N) is 2. The number of aromatic nitrogens is 6. The number of halogens is 3. The van der Waals surface area contributed by atoms with Gasteiger partial charge in [0.1, 0.15) is 11.3 Å². The van der Waals surface area contributed by atoms with Crippen LogP contribution in [0.1, 0.15) is 5.82 Å². The average molecular weight is 495 g/mol. The molecule has 1 aliphatic heterocycles. The number of piperazine rings is 1. The molecule has 12 heteroatoms. The molecule has 156 valence electrons. The molecule has 3 aromatic heterocycles. The average Bonchev–Trinajstić information content (AvgIpc) is 3.34. The summed E-state index contributed by atoms with van der Waals surface area (Å²) in [6.45, 7) is 3.90. The third kappa shape index (κ3) is 3.46. The number of fused-ring (bicyclic) bond motifs is 2. The van der Waals surface area contributed by atoms with Crippen LogP contribution >= 0.6 is 27.5 Å². The summed E-state index contributed by atoms with van der Waals surface area (Å²) in [6, 6.07) is 3.21. The van der Waals surface area contributed by atoms with E-state index in [1.54, 1.807) is 16.8 Å². The molecule has 1 saturated heterocycles. The van der Waals surface area contributed by atoms with Crippen LogP contribution in [-0.2, 0) is 6.54 Å². The first-order valence-electron chi connectivity index (χ1n) is 9.41. The molecule has 5 rings (SSSR count). The standard InChI is InChI=1S/C18H18BrClFN9/c1-28-4-6-29(7-5-28)18-26-16-10(19)8-23-30(16)17(27-18)22-9-13-24-12-3-2-11(20)14(21)15(12)25-13/h2-3,8H,4-7,9H2,1H3,(H,24,25)(H,22,26,27). The summed E-state index contributed by atoms with van der Waals surface area (Å²) < 4.78 is 16.6. The van der Waals surface area contributed by atoms with Crippen LogP contribution in [0.25, 0.3) is 16.7 Å². The van der Waals surface area contributed by atoms with Gasteiger partial charge in [-0.25, -0.2) is 9.37 Å². The third-order valence-corrected chi connectivity index (χ3v) is 5.96. The molecule has 0 aliphatic carbocycles. The topological polar surface area (TPSA) is 90.3 Å². The van der Waals surface area contributed by atoms with Crippen molar-refractivity contribution in [3.8, 4) is 0 Å². The van der Waals surface area contributed by atoms with Crippen molar-refractivity contribution >= 4 is 56.1 Å². The van der Waals surface area contributed by atoms with Crippen LogP contribution in [0.15, 0.2) is 22.8 Å². The Labute approximate surface area is 184 Å². The van der Waals surface area contributed by atoms with Gasteiger partial charge in [0.15, 0.2) is 11.5 Å². The van der Waals surface area contributed by atoms with Crippen LogP contribution in [0.5, 0.6) is 0 Å². The Hall–Kier alpha value is -2.50. The van der Waals surface area contributed by atoms with Crippen molar-refractivity contribution < 1.29 is 4.39 Å². The number of aromatic amines is 1. The molecule has 2 N–H and O–H groups in total. The zero-order chi connectivity index (χ0) is 20.8. The van der Waals surface area contributed by atoms with E-state index in [1.165, 1.54) is 6.07 Å². The molecule has 1 aliphatic rings. The van der Waals surface area contributed by atoms with Gasteiger partial charge in [-0.1, -0.05) is 11.6 Å². The lowest BCUT2D eigenvalue weighted by molar-refractivity contribution is 0.311. The Kier molecular flexibility index (Phi) is 4.95. The monoisotopic (exact) mass is 493 g/mol. The van der Waals surface area contributed by atoms with Crippen molar-refractivity contribution in [3.63, 3.8) is 0 Å². The molecule has 1 fully saturated rings. The minimum atomic E-state index is -0.533. The molecule has 0 unspecified atom stereocenters. The number of likely N-dealkylation sites (N-methyl/N-ethyl adjacent to an activating group) is 1. The summed E-state index contributed by atoms with van der Waals surface area (Å²) in [5.74, 6) is 1.19. The van der Waals surface area contributed by atoms with Crippen LogP contribution in [-0.4, -0.2) is 67.7 Å². The van der Waals surface area contributed by atoms with Crippen molar-refractivity contribution in [1.82, 2.24) is 34.4 Å². The largest absolute Gasteiger partial charge is 0.347 e. The van der Waals surface area contributed by atoms with E-state index in [4.69, 9.17) is 16.6 Å². The SMILES string of the molecule is CN1CCN(c2nc(NCc3nc4c(F)c(Cl)ccc4[nH]3)n3ncc(Br)c3n2)CC1. The lowest BCUT2D eigenvalue weighted by Crippen LogP contribution is -2.45. The second kappa shape index (κ2) is 7.64. The maximum Gasteiger partial charge on any atom is 0.230 e. The Morgan fingerprint density at radius 2 is 2.00 bits per heavy atom. The van der Waals surface area contributed by atoms with Gasteiger partial charge in [-0.05, 0) is 35.1 Å². The minimum Gasteiger partial charge on any atom is -0.347 e. The van der Waals surface area contributed by atoms with Crippen molar-refractivity contribution in [2.75, 3.05) is 43.4 Å². The first-order valence-corrected chi connectivity index (χ1v) is 10.6. The van der Waals surface area contributed by atoms with Gasteiger partial charge in [0.2, 0.25) is 11.9 Å². The summed E-state index contributed by atoms with van der Waals surface area (Å²) in [5.41, 5.74) is 1.47. The summed E-state index contributed by atoms with van der Waals surface area (Å²) in [4.78, 5) is 21.2. The van der Waals surface area contributed by atoms with E-state index in [0.29, 0.717) is 35.4 Å². The van der Waals surface area contributed by atoms with E-state index in [1.807, 2.05) is 0 Å². The summed E-state index contributed by atoms with van der Waals surface area (Å²) in [7, 11) is 2.10. The molecule has 4 aromatic rings. The van der Waals surface area contributed by atoms with Gasteiger partial charge >= 0.3 is 0 Å². The molecule has 0 bridgehead atoms. The lowest BCUT2D eigenvalue weighted by Gasteiger charge is -2.32. The van der Waals surface area contributed by atoms with E-state index in [0.717, 1.165) is 30.7 Å². The number of H-pyrrole nitrogens is 1. The second-order valence-electron chi connectivity index (χ2n) is 7.16. The summed E-state index contributed by atoms with van der Waals surface area (Å²) in [5, 5.41) is 7.63. The number of imidazole rings is 1. The van der Waals surface area contributed by atoms with E-state index in [9.17, 15) is 4.39 Å². The van der Waals surface area contributed by atoms with E-state index in [2.05, 4.69) is 58.1 Å². The molecule has 0 atom stereocenters. The third-order valence-electron chi connectivity index (χ3n) is 5.11. The predicted molar refractivity (Wildman–Crippen MR) is 117 cm³/mol. The molecule has 1 aromatic carbocycles. The van der Waals surface area contributed by atoms with Gasteiger partial charge in [-0.2, -0.15) is 19.6 Å². The molecule has 0 spiro atoms. The molecule has 9 nitrogen and oxygen atoms in total. The van der Waals surface area contributed by atoms with Gasteiger partial charge < -0.3 is 20.1 Å². The Bertz CT molecular complexity index is 1230. The smallest absolute Gasteiger partial charge is 0.230 e. The molecule has 0 amide bonds. The number of anilines is 2. The number of nitrogens with zero attached hydrogens (tertiary/aromatic N) is 7. The van der Waals surface area contributed by atoms with Gasteiger partial charge in [0.25, 0.3) is 0 Å². The van der Waals surface area contributed by atoms with Crippen LogP contribution in [0.4, 0.5) is 16.3 Å². The van der Waals surface area contributed by atoms with Crippen molar-refractivity contribution in [2.45, 2.75) is 6.54 Å². The first-order chi connectivity index (χ1) is 14.5. The zero-order valence-corrected chi connectivity index (χ0v) is 18.4. The lowest BCUT2D eigenvalue weighted by atomic mass is 10.3. The van der Waals surface area contributed by atoms with Crippen LogP contribution in [0.3, 0.4) is 0 Å². The first kappa shape index (κ1) is 19.5. The number of rotatable bonds is 4. The quantitative estimate of drug-likeness (QED) is 0.451. The van der Waals surface area contributed by atoms with Crippen molar-refractivity contribution in [2.24, 2.45) is 0 Å². The number of hydrogen-bond acceptors (Lipinski definition) is 7. The molecular formula is C18H18BrClFN9. The summed E-state index contributed by atoms with van der Waals surface area (Å²) >= 11 is 9.35. The number of benzene rings is 1. The van der Waals surface area contributed by atoms with Crippen LogP contribution in [0.2, 0.25) is 5.02 Å². The van der Waals surface area contributed by atoms with E-state index in [-0.39, 0.29) is 10.5 Å². The highest BCUT2D eigenvalue weighted by Crippen LogP contribution is 2.24. The van der Waals surface area contributed by atoms with E-state index < -0.39 is 5.82 Å². The fourth-order valence-electron chi connectivity index (χ4n) is 3.42. The van der Waals surface area contributed by atoms with Crippen molar-refractivity contribution in [3.05, 3.63) is 39.5 Å². The Morgan fingerprint density at radius 1 is 1.20 bits per heavy atom. The molecule has 4 heterocycles. The molecule has 0 saturated carbocycles. The highest BCUT2D eigenvalue weighted by Gasteiger charge is 2.20. The van der Waals surface area contributed by atoms with Gasteiger partial charge in [-0.15, -0.1) is 0 Å². The highest BCUT2D eigenvalue weighted by molar-refractivity contribution is 9.10. The molecule has 0 radical (unpaired) electrons. The number of hydrogen-bond donors (Lipinski definition) is 2. The summed E-state index contributed by atoms with van der Waals surface area (Å²) in [6.07, 6.45) is 1.68. The fourth-order valence-corrected chi connectivity index (χ4v) is 3.92.